The van der Waals surface area contributed by atoms with Crippen LogP contribution in [0.3, 0.4) is 0 Å². The van der Waals surface area contributed by atoms with E-state index in [4.69, 9.17) is 14.2 Å². The van der Waals surface area contributed by atoms with Gasteiger partial charge in [0.2, 0.25) is 5.91 Å². The summed E-state index contributed by atoms with van der Waals surface area (Å²) < 4.78 is 15.7. The van der Waals surface area contributed by atoms with Crippen LogP contribution in [0, 0.1) is 0 Å². The van der Waals surface area contributed by atoms with Gasteiger partial charge in [0, 0.05) is 45.6 Å². The Bertz CT molecular complexity index is 956. The molecule has 0 aliphatic heterocycles. The molecule has 3 unspecified atom stereocenters. The molecule has 44 heavy (non-hydrogen) atoms. The average Bonchev–Trinajstić information content (AvgIpc) is 2.97. The summed E-state index contributed by atoms with van der Waals surface area (Å²) in [5.41, 5.74) is 0.887. The summed E-state index contributed by atoms with van der Waals surface area (Å²) in [5.74, 6) is -0.351. The lowest BCUT2D eigenvalue weighted by Gasteiger charge is -2.30. The normalized spacial score (nSPS) is 12.6. The van der Waals surface area contributed by atoms with Crippen molar-refractivity contribution in [2.45, 2.75) is 84.0 Å². The van der Waals surface area contributed by atoms with E-state index in [-0.39, 0.29) is 57.3 Å². The Hall–Kier alpha value is -3.58. The predicted octanol–water partition coefficient (Wildman–Crippen LogP) is 2.88. The summed E-state index contributed by atoms with van der Waals surface area (Å²) in [6, 6.07) is -0.434. The van der Waals surface area contributed by atoms with Crippen LogP contribution >= 0.6 is 0 Å². The van der Waals surface area contributed by atoms with E-state index in [9.17, 15) is 29.4 Å². The van der Waals surface area contributed by atoms with E-state index in [1.807, 2.05) is 0 Å². The maximum Gasteiger partial charge on any atom is 0.407 e. The zero-order valence-corrected chi connectivity index (χ0v) is 27.2. The van der Waals surface area contributed by atoms with E-state index in [2.05, 4.69) is 37.3 Å². The molecule has 0 fully saturated rings. The SMILES string of the molecule is C=C(C)C(=C)OCCNC(=O)N(C)CCC(OC(=O)NCCOC(=O)C(=C)C)C(O)C(O)CN(C)C(=O)CCCCCCC. The van der Waals surface area contributed by atoms with Gasteiger partial charge in [0.15, 0.2) is 0 Å². The molecule has 0 rings (SSSR count). The number of nitrogens with one attached hydrogen (secondary N) is 2. The van der Waals surface area contributed by atoms with Crippen LogP contribution in [0.2, 0.25) is 0 Å². The highest BCUT2D eigenvalue weighted by Gasteiger charge is 2.31. The highest BCUT2D eigenvalue weighted by molar-refractivity contribution is 5.86. The number of ether oxygens (including phenoxy) is 3. The molecule has 252 valence electrons. The van der Waals surface area contributed by atoms with Crippen LogP contribution in [0.15, 0.2) is 36.6 Å². The van der Waals surface area contributed by atoms with E-state index in [1.54, 1.807) is 6.92 Å². The highest BCUT2D eigenvalue weighted by atomic mass is 16.6. The predicted molar refractivity (Wildman–Crippen MR) is 168 cm³/mol. The topological polar surface area (TPSA) is 167 Å². The monoisotopic (exact) mass is 626 g/mol. The molecule has 0 aromatic carbocycles. The first kappa shape index (κ1) is 40.4. The summed E-state index contributed by atoms with van der Waals surface area (Å²) in [7, 11) is 3.05. The van der Waals surface area contributed by atoms with Gasteiger partial charge in [0.05, 0.1) is 13.1 Å². The van der Waals surface area contributed by atoms with Crippen molar-refractivity contribution in [3.05, 3.63) is 36.6 Å². The number of allylic oxidation sites excluding steroid dienone is 1. The Balaban J connectivity index is 5.13. The molecular weight excluding hydrogens is 572 g/mol. The third-order valence-corrected chi connectivity index (χ3v) is 6.59. The fourth-order valence-electron chi connectivity index (χ4n) is 3.72. The number of nitrogens with zero attached hydrogens (tertiary/aromatic N) is 2. The second-order valence-electron chi connectivity index (χ2n) is 10.8. The third kappa shape index (κ3) is 18.2. The van der Waals surface area contributed by atoms with Crippen LogP contribution in [0.25, 0.3) is 0 Å². The number of urea groups is 1. The van der Waals surface area contributed by atoms with Crippen molar-refractivity contribution in [3.63, 3.8) is 0 Å². The van der Waals surface area contributed by atoms with Gasteiger partial charge in [-0.05, 0) is 25.8 Å². The van der Waals surface area contributed by atoms with E-state index < -0.39 is 36.4 Å². The largest absolute Gasteiger partial charge is 0.492 e. The minimum absolute atomic E-state index is 0.0295. The van der Waals surface area contributed by atoms with Gasteiger partial charge >= 0.3 is 18.1 Å². The van der Waals surface area contributed by atoms with Crippen LogP contribution in [0.1, 0.15) is 65.7 Å². The lowest BCUT2D eigenvalue weighted by molar-refractivity contribution is -0.138. The zero-order valence-electron chi connectivity index (χ0n) is 27.2. The van der Waals surface area contributed by atoms with Gasteiger partial charge in [-0.1, -0.05) is 52.3 Å². The van der Waals surface area contributed by atoms with Crippen molar-refractivity contribution in [2.24, 2.45) is 0 Å². The number of aliphatic hydroxyl groups excluding tert-OH is 2. The van der Waals surface area contributed by atoms with Crippen LogP contribution in [0.5, 0.6) is 0 Å². The molecule has 0 bridgehead atoms. The molecule has 0 saturated heterocycles. The molecule has 0 aliphatic carbocycles. The maximum atomic E-state index is 12.5. The average molecular weight is 627 g/mol. The molecular formula is C31H54N4O9. The number of carbonyl (C=O) groups is 4. The first-order chi connectivity index (χ1) is 20.7. The van der Waals surface area contributed by atoms with Gasteiger partial charge in [-0.2, -0.15) is 0 Å². The Morgan fingerprint density at radius 2 is 1.45 bits per heavy atom. The maximum absolute atomic E-state index is 12.5. The summed E-state index contributed by atoms with van der Waals surface area (Å²) in [6.45, 7) is 16.3. The number of unbranched alkanes of at least 4 members (excludes halogenated alkanes) is 4. The molecule has 0 aromatic heterocycles. The molecule has 0 aliphatic rings. The van der Waals surface area contributed by atoms with Crippen molar-refractivity contribution in [3.8, 4) is 0 Å². The van der Waals surface area contributed by atoms with Gasteiger partial charge < -0.3 is 44.9 Å². The second kappa shape index (κ2) is 22.9. The Morgan fingerprint density at radius 1 is 0.841 bits per heavy atom. The molecule has 0 aromatic rings. The highest BCUT2D eigenvalue weighted by Crippen LogP contribution is 2.13. The minimum atomic E-state index is -1.57. The lowest BCUT2D eigenvalue weighted by Crippen LogP contribution is -2.49. The van der Waals surface area contributed by atoms with Gasteiger partial charge in [0.25, 0.3) is 0 Å². The van der Waals surface area contributed by atoms with Crippen LogP contribution in [-0.4, -0.2) is 116 Å². The standard InChI is InChI=1S/C31H54N4O9/c1-9-10-11-12-13-14-27(37)35(8)21-25(36)28(38)26(44-31(41)33-17-20-43-29(39)23(4)5)15-18-34(7)30(40)32-16-19-42-24(6)22(2)3/h25-26,28,36,38H,2,4,6,9-21H2,1,3,5,7-8H3,(H,32,40)(H,33,41). The molecule has 3 atom stereocenters. The van der Waals surface area contributed by atoms with Gasteiger partial charge in [-0.3, -0.25) is 4.79 Å². The number of hydrogen-bond acceptors (Lipinski definition) is 9. The molecule has 13 heteroatoms. The van der Waals surface area contributed by atoms with Crippen LogP contribution < -0.4 is 10.6 Å². The number of likely N-dealkylation sites (N-methyl/N-ethyl adjacent to an activating group) is 1. The van der Waals surface area contributed by atoms with Crippen molar-refractivity contribution < 1.29 is 43.6 Å². The number of amides is 4. The second-order valence-corrected chi connectivity index (χ2v) is 10.8. The molecule has 4 amide bonds. The Labute approximate surface area is 262 Å². The number of aliphatic hydroxyl groups is 2. The first-order valence-electron chi connectivity index (χ1n) is 15.0. The molecule has 0 spiro atoms. The first-order valence-corrected chi connectivity index (χ1v) is 15.0. The number of hydrogen-bond donors (Lipinski definition) is 4. The molecule has 0 saturated carbocycles. The van der Waals surface area contributed by atoms with Crippen molar-refractivity contribution in [1.82, 2.24) is 20.4 Å². The Morgan fingerprint density at radius 3 is 2.07 bits per heavy atom. The van der Waals surface area contributed by atoms with Gasteiger partial charge in [-0.15, -0.1) is 0 Å². The number of esters is 1. The molecule has 13 nitrogen and oxygen atoms in total. The minimum Gasteiger partial charge on any atom is -0.492 e. The molecule has 4 N–H and O–H groups in total. The van der Waals surface area contributed by atoms with Crippen molar-refractivity contribution >= 4 is 24.0 Å². The summed E-state index contributed by atoms with van der Waals surface area (Å²) in [5, 5.41) is 26.8. The molecule has 0 heterocycles. The summed E-state index contributed by atoms with van der Waals surface area (Å²) in [4.78, 5) is 51.6. The fraction of sp³-hybridized carbons (Fsp3) is 0.677. The quantitative estimate of drug-likeness (QED) is 0.0438. The number of carbonyl (C=O) groups excluding carboxylic acids is 4. The lowest BCUT2D eigenvalue weighted by atomic mass is 10.0. The third-order valence-electron chi connectivity index (χ3n) is 6.59. The van der Waals surface area contributed by atoms with E-state index in [0.717, 1.165) is 32.1 Å². The van der Waals surface area contributed by atoms with Crippen molar-refractivity contribution in [1.29, 1.82) is 0 Å². The number of alkyl carbamates (subject to hydrolysis) is 1. The fourth-order valence-corrected chi connectivity index (χ4v) is 3.72. The van der Waals surface area contributed by atoms with E-state index in [1.165, 1.54) is 30.8 Å². The number of rotatable bonds is 23. The van der Waals surface area contributed by atoms with Gasteiger partial charge in [0.1, 0.15) is 37.3 Å². The van der Waals surface area contributed by atoms with Crippen LogP contribution in [-0.2, 0) is 23.8 Å². The molecule has 0 radical (unpaired) electrons. The van der Waals surface area contributed by atoms with E-state index >= 15 is 0 Å². The van der Waals surface area contributed by atoms with Crippen molar-refractivity contribution in [2.75, 3.05) is 53.5 Å². The Kier molecular flexibility index (Phi) is 21.0. The van der Waals surface area contributed by atoms with E-state index in [0.29, 0.717) is 17.8 Å². The summed E-state index contributed by atoms with van der Waals surface area (Å²) >= 11 is 0. The smallest absolute Gasteiger partial charge is 0.407 e. The summed E-state index contributed by atoms with van der Waals surface area (Å²) in [6.07, 6.45) is 0.0689. The zero-order chi connectivity index (χ0) is 33.7. The van der Waals surface area contributed by atoms with Gasteiger partial charge in [-0.25, -0.2) is 14.4 Å². The van der Waals surface area contributed by atoms with Crippen LogP contribution in [0.4, 0.5) is 9.59 Å².